The van der Waals surface area contributed by atoms with Gasteiger partial charge in [0.05, 0.1) is 30.2 Å². The highest BCUT2D eigenvalue weighted by Gasteiger charge is 2.19. The van der Waals surface area contributed by atoms with E-state index < -0.39 is 0 Å². The largest absolute Gasteiger partial charge is 0.350 e. The molecule has 0 aliphatic carbocycles. The highest BCUT2D eigenvalue weighted by atomic mass is 16.1. The lowest BCUT2D eigenvalue weighted by Gasteiger charge is -2.27. The molecule has 0 spiro atoms. The van der Waals surface area contributed by atoms with E-state index in [9.17, 15) is 9.59 Å². The van der Waals surface area contributed by atoms with Gasteiger partial charge in [-0.15, -0.1) is 0 Å². The zero-order valence-electron chi connectivity index (χ0n) is 15.3. The molecule has 0 unspecified atom stereocenters. The Morgan fingerprint density at radius 3 is 2.96 bits per heavy atom. The number of rotatable bonds is 5. The fraction of sp³-hybridized carbons (Fsp3) is 0.368. The van der Waals surface area contributed by atoms with Crippen molar-refractivity contribution in [2.75, 3.05) is 6.54 Å². The van der Waals surface area contributed by atoms with Crippen molar-refractivity contribution in [2.45, 2.75) is 39.5 Å². The minimum atomic E-state index is -0.0633. The molecule has 1 amide bonds. The SMILES string of the molecule is CCC(=O)NCc1cc2n(n1)CCN(Cc1cc(=O)n3ccccc3n1)C2. The number of hydrogen-bond acceptors (Lipinski definition) is 5. The van der Waals surface area contributed by atoms with E-state index in [0.29, 0.717) is 25.2 Å². The second-order valence-corrected chi connectivity index (χ2v) is 6.71. The normalized spacial score (nSPS) is 14.3. The van der Waals surface area contributed by atoms with Crippen LogP contribution >= 0.6 is 0 Å². The first-order valence-corrected chi connectivity index (χ1v) is 9.14. The zero-order valence-corrected chi connectivity index (χ0v) is 15.3. The number of carbonyl (C=O) groups excluding carboxylic acids is 1. The molecule has 0 saturated carbocycles. The van der Waals surface area contributed by atoms with E-state index in [1.165, 1.54) is 0 Å². The molecule has 1 aliphatic rings. The lowest BCUT2D eigenvalue weighted by Crippen LogP contribution is -2.34. The van der Waals surface area contributed by atoms with E-state index in [1.807, 2.05) is 35.9 Å². The molecule has 1 N–H and O–H groups in total. The predicted molar refractivity (Wildman–Crippen MR) is 99.9 cm³/mol. The van der Waals surface area contributed by atoms with Crippen LogP contribution in [0.5, 0.6) is 0 Å². The van der Waals surface area contributed by atoms with Crippen LogP contribution in [0.15, 0.2) is 41.3 Å². The summed E-state index contributed by atoms with van der Waals surface area (Å²) in [5.74, 6) is 0.0243. The van der Waals surface area contributed by atoms with Gasteiger partial charge in [0, 0.05) is 38.3 Å². The number of aromatic nitrogens is 4. The van der Waals surface area contributed by atoms with Crippen LogP contribution in [-0.4, -0.2) is 36.5 Å². The molecule has 0 bridgehead atoms. The molecule has 1 aliphatic heterocycles. The minimum Gasteiger partial charge on any atom is -0.350 e. The van der Waals surface area contributed by atoms with Crippen LogP contribution in [0.1, 0.15) is 30.4 Å². The Kier molecular flexibility index (Phi) is 4.72. The maximum atomic E-state index is 12.3. The van der Waals surface area contributed by atoms with E-state index in [2.05, 4.69) is 20.3 Å². The molecule has 4 rings (SSSR count). The summed E-state index contributed by atoms with van der Waals surface area (Å²) in [4.78, 5) is 30.5. The van der Waals surface area contributed by atoms with Crippen LogP contribution in [-0.2, 0) is 31.0 Å². The second-order valence-electron chi connectivity index (χ2n) is 6.71. The number of hydrogen-bond donors (Lipinski definition) is 1. The van der Waals surface area contributed by atoms with Crippen LogP contribution in [0, 0.1) is 0 Å². The molecular formula is C19H22N6O2. The minimum absolute atomic E-state index is 0.0243. The lowest BCUT2D eigenvalue weighted by molar-refractivity contribution is -0.120. The quantitative estimate of drug-likeness (QED) is 0.726. The van der Waals surface area contributed by atoms with Gasteiger partial charge in [-0.2, -0.15) is 5.10 Å². The molecule has 3 aromatic rings. The molecule has 8 nitrogen and oxygen atoms in total. The van der Waals surface area contributed by atoms with Crippen molar-refractivity contribution in [2.24, 2.45) is 0 Å². The van der Waals surface area contributed by atoms with Crippen molar-refractivity contribution in [1.82, 2.24) is 29.4 Å². The Bertz CT molecular complexity index is 1040. The van der Waals surface area contributed by atoms with Crippen molar-refractivity contribution in [3.05, 3.63) is 64.0 Å². The molecular weight excluding hydrogens is 344 g/mol. The Hall–Kier alpha value is -3.00. The summed E-state index contributed by atoms with van der Waals surface area (Å²) >= 11 is 0. The molecule has 4 heterocycles. The van der Waals surface area contributed by atoms with E-state index in [4.69, 9.17) is 0 Å². The van der Waals surface area contributed by atoms with Gasteiger partial charge in [0.15, 0.2) is 0 Å². The van der Waals surface area contributed by atoms with E-state index in [1.54, 1.807) is 16.7 Å². The third-order valence-corrected chi connectivity index (χ3v) is 4.72. The Labute approximate surface area is 156 Å². The molecule has 27 heavy (non-hydrogen) atoms. The number of amides is 1. The Morgan fingerprint density at radius 2 is 2.11 bits per heavy atom. The number of carbonyl (C=O) groups is 1. The zero-order chi connectivity index (χ0) is 18.8. The maximum Gasteiger partial charge on any atom is 0.258 e. The van der Waals surface area contributed by atoms with E-state index in [-0.39, 0.29) is 11.5 Å². The summed E-state index contributed by atoms with van der Waals surface area (Å²) in [6.07, 6.45) is 2.20. The second kappa shape index (κ2) is 7.32. The molecule has 3 aromatic heterocycles. The first-order valence-electron chi connectivity index (χ1n) is 9.14. The van der Waals surface area contributed by atoms with Gasteiger partial charge in [0.1, 0.15) is 5.65 Å². The summed E-state index contributed by atoms with van der Waals surface area (Å²) in [6, 6.07) is 9.17. The average Bonchev–Trinajstić information content (AvgIpc) is 3.08. The average molecular weight is 366 g/mol. The fourth-order valence-electron chi connectivity index (χ4n) is 3.33. The summed E-state index contributed by atoms with van der Waals surface area (Å²) in [7, 11) is 0. The van der Waals surface area contributed by atoms with Crippen LogP contribution in [0.25, 0.3) is 5.65 Å². The van der Waals surface area contributed by atoms with Crippen molar-refractivity contribution in [3.8, 4) is 0 Å². The first-order chi connectivity index (χ1) is 13.1. The van der Waals surface area contributed by atoms with E-state index in [0.717, 1.165) is 36.7 Å². The number of nitrogens with zero attached hydrogens (tertiary/aromatic N) is 5. The van der Waals surface area contributed by atoms with Gasteiger partial charge < -0.3 is 5.32 Å². The smallest absolute Gasteiger partial charge is 0.258 e. The summed E-state index contributed by atoms with van der Waals surface area (Å²) in [5.41, 5.74) is 3.35. The third kappa shape index (κ3) is 3.75. The fourth-order valence-corrected chi connectivity index (χ4v) is 3.33. The molecule has 0 atom stereocenters. The van der Waals surface area contributed by atoms with Gasteiger partial charge in [0.25, 0.3) is 5.56 Å². The van der Waals surface area contributed by atoms with Crippen LogP contribution < -0.4 is 10.9 Å². The van der Waals surface area contributed by atoms with Crippen molar-refractivity contribution in [3.63, 3.8) is 0 Å². The predicted octanol–water partition coefficient (Wildman–Crippen LogP) is 0.933. The van der Waals surface area contributed by atoms with Crippen LogP contribution in [0.4, 0.5) is 0 Å². The van der Waals surface area contributed by atoms with Gasteiger partial charge in [-0.05, 0) is 18.2 Å². The van der Waals surface area contributed by atoms with Crippen LogP contribution in [0.3, 0.4) is 0 Å². The summed E-state index contributed by atoms with van der Waals surface area (Å²) in [5, 5.41) is 7.42. The van der Waals surface area contributed by atoms with Crippen LogP contribution in [0.2, 0.25) is 0 Å². The van der Waals surface area contributed by atoms with Gasteiger partial charge in [-0.1, -0.05) is 13.0 Å². The maximum absolute atomic E-state index is 12.3. The topological polar surface area (TPSA) is 84.5 Å². The number of fused-ring (bicyclic) bond motifs is 2. The summed E-state index contributed by atoms with van der Waals surface area (Å²) < 4.78 is 3.54. The number of nitrogens with one attached hydrogen (secondary N) is 1. The molecule has 0 fully saturated rings. The van der Waals surface area contributed by atoms with Gasteiger partial charge >= 0.3 is 0 Å². The molecule has 0 radical (unpaired) electrons. The lowest BCUT2D eigenvalue weighted by atomic mass is 10.2. The molecule has 0 aromatic carbocycles. The molecule has 8 heteroatoms. The first kappa shape index (κ1) is 17.4. The van der Waals surface area contributed by atoms with Gasteiger partial charge in [-0.25, -0.2) is 4.98 Å². The van der Waals surface area contributed by atoms with Gasteiger partial charge in [0.2, 0.25) is 5.91 Å². The highest BCUT2D eigenvalue weighted by Crippen LogP contribution is 2.15. The number of pyridine rings is 1. The third-order valence-electron chi connectivity index (χ3n) is 4.72. The van der Waals surface area contributed by atoms with E-state index >= 15 is 0 Å². The van der Waals surface area contributed by atoms with Crippen molar-refractivity contribution in [1.29, 1.82) is 0 Å². The Balaban J connectivity index is 1.46. The van der Waals surface area contributed by atoms with Gasteiger partial charge in [-0.3, -0.25) is 23.6 Å². The summed E-state index contributed by atoms with van der Waals surface area (Å²) in [6.45, 7) is 5.26. The molecule has 140 valence electrons. The standard InChI is InChI=1S/C19H22N6O2/c1-2-18(26)20-11-14-9-16-13-23(7-8-25(16)22-14)12-15-10-19(27)24-6-4-3-5-17(24)21-15/h3-6,9-10H,2,7-8,11-13H2,1H3,(H,20,26). The Morgan fingerprint density at radius 1 is 1.22 bits per heavy atom. The monoisotopic (exact) mass is 366 g/mol. The van der Waals surface area contributed by atoms with Crippen molar-refractivity contribution >= 4 is 11.6 Å². The highest BCUT2D eigenvalue weighted by molar-refractivity contribution is 5.75. The van der Waals surface area contributed by atoms with Crippen molar-refractivity contribution < 1.29 is 4.79 Å². The molecule has 0 saturated heterocycles.